The van der Waals surface area contributed by atoms with Gasteiger partial charge in [-0.05, 0) is 68.1 Å². The lowest BCUT2D eigenvalue weighted by Crippen LogP contribution is -2.56. The van der Waals surface area contributed by atoms with E-state index in [0.29, 0.717) is 23.8 Å². The van der Waals surface area contributed by atoms with Crippen LogP contribution >= 0.6 is 0 Å². The van der Waals surface area contributed by atoms with Crippen molar-refractivity contribution in [3.63, 3.8) is 0 Å². The molecule has 0 aromatic carbocycles. The summed E-state index contributed by atoms with van der Waals surface area (Å²) in [6, 6.07) is 0.595. The van der Waals surface area contributed by atoms with E-state index in [9.17, 15) is 4.79 Å². The number of nitrogens with zero attached hydrogens (tertiary/aromatic N) is 1. The Hall–Kier alpha value is -0.530. The molecule has 4 bridgehead atoms. The highest BCUT2D eigenvalue weighted by Gasteiger charge is 2.52. The fourth-order valence-corrected chi connectivity index (χ4v) is 5.60. The molecule has 2 heteroatoms. The Morgan fingerprint density at radius 1 is 0.944 bits per heavy atom. The number of hydrogen-bond donors (Lipinski definition) is 0. The van der Waals surface area contributed by atoms with Crippen molar-refractivity contribution in [1.29, 1.82) is 0 Å². The minimum atomic E-state index is 0.368. The largest absolute Gasteiger partial charge is 0.342 e. The SMILES string of the molecule is CC1CC1C(=O)N(C)C1C2CC3CC(C2)CC1C3. The first-order valence-electron chi connectivity index (χ1n) is 7.90. The topological polar surface area (TPSA) is 20.3 Å². The van der Waals surface area contributed by atoms with Gasteiger partial charge in [0.15, 0.2) is 0 Å². The lowest BCUT2D eigenvalue weighted by Gasteiger charge is -2.56. The molecular formula is C16H25NO. The van der Waals surface area contributed by atoms with Gasteiger partial charge in [-0.25, -0.2) is 0 Å². The van der Waals surface area contributed by atoms with Gasteiger partial charge in [-0.1, -0.05) is 6.92 Å². The third-order valence-corrected chi connectivity index (χ3v) is 6.40. The van der Waals surface area contributed by atoms with Gasteiger partial charge in [0.05, 0.1) is 0 Å². The van der Waals surface area contributed by atoms with E-state index in [2.05, 4.69) is 18.9 Å². The molecule has 5 aliphatic carbocycles. The van der Waals surface area contributed by atoms with E-state index in [-0.39, 0.29) is 0 Å². The quantitative estimate of drug-likeness (QED) is 0.734. The van der Waals surface area contributed by atoms with Gasteiger partial charge < -0.3 is 4.90 Å². The summed E-state index contributed by atoms with van der Waals surface area (Å²) in [7, 11) is 2.10. The maximum Gasteiger partial charge on any atom is 0.225 e. The number of hydrogen-bond acceptors (Lipinski definition) is 1. The van der Waals surface area contributed by atoms with Crippen LogP contribution in [0.5, 0.6) is 0 Å². The van der Waals surface area contributed by atoms with Crippen LogP contribution in [0.1, 0.15) is 45.4 Å². The van der Waals surface area contributed by atoms with Crippen molar-refractivity contribution in [3.05, 3.63) is 0 Å². The van der Waals surface area contributed by atoms with E-state index < -0.39 is 0 Å². The normalized spacial score (nSPS) is 52.4. The van der Waals surface area contributed by atoms with E-state index >= 15 is 0 Å². The van der Waals surface area contributed by atoms with Crippen LogP contribution in [0.3, 0.4) is 0 Å². The molecule has 2 atom stereocenters. The first kappa shape index (κ1) is 11.3. The van der Waals surface area contributed by atoms with Gasteiger partial charge in [0, 0.05) is 19.0 Å². The minimum absolute atomic E-state index is 0.368. The van der Waals surface area contributed by atoms with E-state index in [1.807, 2.05) is 0 Å². The molecule has 2 nitrogen and oxygen atoms in total. The smallest absolute Gasteiger partial charge is 0.225 e. The lowest BCUT2D eigenvalue weighted by atomic mass is 9.54. The zero-order valence-corrected chi connectivity index (χ0v) is 11.6. The standard InChI is InChI=1S/C16H25NO/c1-9-3-14(9)16(18)17(2)15-12-5-10-4-11(7-12)8-13(15)6-10/h9-15H,3-8H2,1-2H3. The minimum Gasteiger partial charge on any atom is -0.342 e. The lowest BCUT2D eigenvalue weighted by molar-refractivity contribution is -0.142. The van der Waals surface area contributed by atoms with Crippen LogP contribution in [0.4, 0.5) is 0 Å². The first-order valence-corrected chi connectivity index (χ1v) is 7.90. The van der Waals surface area contributed by atoms with Gasteiger partial charge in [-0.2, -0.15) is 0 Å². The predicted molar refractivity (Wildman–Crippen MR) is 70.9 cm³/mol. The molecule has 18 heavy (non-hydrogen) atoms. The van der Waals surface area contributed by atoms with Crippen LogP contribution in [0.2, 0.25) is 0 Å². The second-order valence-electron chi connectivity index (χ2n) is 7.69. The second kappa shape index (κ2) is 3.74. The van der Waals surface area contributed by atoms with Crippen LogP contribution in [0.25, 0.3) is 0 Å². The maximum absolute atomic E-state index is 12.5. The summed E-state index contributed by atoms with van der Waals surface area (Å²) in [6.07, 6.45) is 8.28. The Kier molecular flexibility index (Phi) is 2.35. The van der Waals surface area contributed by atoms with Crippen molar-refractivity contribution in [1.82, 2.24) is 4.90 Å². The van der Waals surface area contributed by atoms with Crippen LogP contribution in [-0.2, 0) is 4.79 Å². The molecule has 0 N–H and O–H groups in total. The zero-order valence-electron chi connectivity index (χ0n) is 11.6. The van der Waals surface area contributed by atoms with E-state index in [4.69, 9.17) is 0 Å². The molecular weight excluding hydrogens is 222 g/mol. The zero-order chi connectivity index (χ0) is 12.4. The molecule has 0 aromatic heterocycles. The summed E-state index contributed by atoms with van der Waals surface area (Å²) in [5, 5.41) is 0. The number of carbonyl (C=O) groups excluding carboxylic acids is 1. The van der Waals surface area contributed by atoms with Gasteiger partial charge >= 0.3 is 0 Å². The van der Waals surface area contributed by atoms with Crippen molar-refractivity contribution < 1.29 is 4.79 Å². The molecule has 2 unspecified atom stereocenters. The number of carbonyl (C=O) groups is 1. The van der Waals surface area contributed by atoms with Crippen LogP contribution < -0.4 is 0 Å². The molecule has 5 rings (SSSR count). The van der Waals surface area contributed by atoms with Crippen molar-refractivity contribution in [2.45, 2.75) is 51.5 Å². The van der Waals surface area contributed by atoms with Gasteiger partial charge in [0.1, 0.15) is 0 Å². The van der Waals surface area contributed by atoms with Gasteiger partial charge in [0.2, 0.25) is 5.91 Å². The summed E-state index contributed by atoms with van der Waals surface area (Å²) in [4.78, 5) is 14.6. The first-order chi connectivity index (χ1) is 8.63. The molecule has 5 fully saturated rings. The van der Waals surface area contributed by atoms with Crippen molar-refractivity contribution in [2.75, 3.05) is 7.05 Å². The maximum atomic E-state index is 12.5. The molecule has 5 saturated carbocycles. The summed E-state index contributed by atoms with van der Waals surface area (Å²) in [5.41, 5.74) is 0. The van der Waals surface area contributed by atoms with Gasteiger partial charge in [-0.3, -0.25) is 4.79 Å². The monoisotopic (exact) mass is 247 g/mol. The fraction of sp³-hybridized carbons (Fsp3) is 0.938. The Balaban J connectivity index is 1.52. The number of amides is 1. The summed E-state index contributed by atoms with van der Waals surface area (Å²) < 4.78 is 0. The van der Waals surface area contributed by atoms with Gasteiger partial charge in [0.25, 0.3) is 0 Å². The van der Waals surface area contributed by atoms with Crippen molar-refractivity contribution in [3.8, 4) is 0 Å². The molecule has 0 aromatic rings. The van der Waals surface area contributed by atoms with Crippen LogP contribution in [0, 0.1) is 35.5 Å². The third-order valence-electron chi connectivity index (χ3n) is 6.40. The van der Waals surface area contributed by atoms with Crippen molar-refractivity contribution in [2.24, 2.45) is 35.5 Å². The molecule has 1 amide bonds. The summed E-state index contributed by atoms with van der Waals surface area (Å²) >= 11 is 0. The highest BCUT2D eigenvalue weighted by Crippen LogP contribution is 2.55. The Morgan fingerprint density at radius 3 is 1.89 bits per heavy atom. The predicted octanol–water partition coefficient (Wildman–Crippen LogP) is 2.93. The highest BCUT2D eigenvalue weighted by molar-refractivity contribution is 5.81. The highest BCUT2D eigenvalue weighted by atomic mass is 16.2. The summed E-state index contributed by atoms with van der Waals surface area (Å²) in [5.74, 6) is 5.16. The molecule has 100 valence electrons. The molecule has 0 heterocycles. The Morgan fingerprint density at radius 2 is 1.44 bits per heavy atom. The van der Waals surface area contributed by atoms with E-state index in [1.54, 1.807) is 0 Å². The van der Waals surface area contributed by atoms with E-state index in [1.165, 1.54) is 32.1 Å². The van der Waals surface area contributed by atoms with Crippen molar-refractivity contribution >= 4 is 5.91 Å². The Labute approximate surface area is 110 Å². The number of rotatable bonds is 2. The molecule has 0 spiro atoms. The summed E-state index contributed by atoms with van der Waals surface area (Å²) in [6.45, 7) is 2.22. The van der Waals surface area contributed by atoms with Crippen LogP contribution in [0.15, 0.2) is 0 Å². The molecule has 0 saturated heterocycles. The average Bonchev–Trinajstić information content (AvgIpc) is 3.03. The molecule has 0 radical (unpaired) electrons. The molecule has 5 aliphatic rings. The van der Waals surface area contributed by atoms with Crippen LogP contribution in [-0.4, -0.2) is 23.9 Å². The van der Waals surface area contributed by atoms with Gasteiger partial charge in [-0.15, -0.1) is 0 Å². The Bertz CT molecular complexity index is 349. The third kappa shape index (κ3) is 1.57. The molecule has 0 aliphatic heterocycles. The second-order valence-corrected chi connectivity index (χ2v) is 7.69. The fourth-order valence-electron chi connectivity index (χ4n) is 5.60. The average molecular weight is 247 g/mol. The van der Waals surface area contributed by atoms with E-state index in [0.717, 1.165) is 30.1 Å².